The molecule has 7 nitrogen and oxygen atoms in total. The zero-order valence-corrected chi connectivity index (χ0v) is 19.6. The Hall–Kier alpha value is -2.96. The van der Waals surface area contributed by atoms with Crippen LogP contribution in [0.15, 0.2) is 34.7 Å². The van der Waals surface area contributed by atoms with E-state index < -0.39 is 0 Å². The van der Waals surface area contributed by atoms with Crippen molar-refractivity contribution < 1.29 is 23.5 Å². The molecule has 1 aromatic carbocycles. The monoisotopic (exact) mass is 442 g/mol. The lowest BCUT2D eigenvalue weighted by Crippen LogP contribution is -2.44. The van der Waals surface area contributed by atoms with Crippen LogP contribution in [-0.2, 0) is 22.6 Å². The Balaban J connectivity index is 1.72. The van der Waals surface area contributed by atoms with E-state index in [0.717, 1.165) is 36.3 Å². The third-order valence-corrected chi connectivity index (χ3v) is 5.67. The SMILES string of the molecule is CCCN(CC(=O)N(CCc1ccc(OC)c(OC)c1)Cc1ccc(C)o1)C(=O)C1CC1. The van der Waals surface area contributed by atoms with Crippen LogP contribution in [0, 0.1) is 12.8 Å². The number of aryl methyl sites for hydroxylation is 1. The van der Waals surface area contributed by atoms with Crippen molar-refractivity contribution in [2.75, 3.05) is 33.9 Å². The molecule has 2 amide bonds. The first-order valence-electron chi connectivity index (χ1n) is 11.3. The first kappa shape index (κ1) is 23.7. The van der Waals surface area contributed by atoms with Crippen molar-refractivity contribution >= 4 is 11.8 Å². The number of carbonyl (C=O) groups is 2. The largest absolute Gasteiger partial charge is 0.493 e. The highest BCUT2D eigenvalue weighted by Gasteiger charge is 2.34. The van der Waals surface area contributed by atoms with Crippen molar-refractivity contribution in [1.82, 2.24) is 9.80 Å². The predicted octanol–water partition coefficient (Wildman–Crippen LogP) is 3.83. The standard InChI is InChI=1S/C25H34N2O5/c1-5-13-27(25(29)20-8-9-20)17-24(28)26(16-21-10-6-18(2)32-21)14-12-19-7-11-22(30-3)23(15-19)31-4/h6-7,10-11,15,20H,5,8-9,12-14,16-17H2,1-4H3. The quantitative estimate of drug-likeness (QED) is 0.500. The maximum atomic E-state index is 13.3. The van der Waals surface area contributed by atoms with Gasteiger partial charge in [-0.3, -0.25) is 9.59 Å². The van der Waals surface area contributed by atoms with E-state index >= 15 is 0 Å². The van der Waals surface area contributed by atoms with E-state index in [1.807, 2.05) is 44.2 Å². The minimum Gasteiger partial charge on any atom is -0.493 e. The summed E-state index contributed by atoms with van der Waals surface area (Å²) in [5, 5.41) is 0. The van der Waals surface area contributed by atoms with E-state index in [2.05, 4.69) is 0 Å². The summed E-state index contributed by atoms with van der Waals surface area (Å²) in [4.78, 5) is 29.4. The van der Waals surface area contributed by atoms with Crippen molar-refractivity contribution in [2.45, 2.75) is 46.1 Å². The third kappa shape index (κ3) is 6.28. The highest BCUT2D eigenvalue weighted by molar-refractivity contribution is 5.87. The van der Waals surface area contributed by atoms with Gasteiger partial charge in [0.05, 0.1) is 27.3 Å². The molecule has 0 atom stereocenters. The van der Waals surface area contributed by atoms with Crippen LogP contribution in [0.25, 0.3) is 0 Å². The molecule has 1 aliphatic carbocycles. The number of nitrogens with zero attached hydrogens (tertiary/aromatic N) is 2. The van der Waals surface area contributed by atoms with Gasteiger partial charge in [-0.05, 0) is 62.4 Å². The highest BCUT2D eigenvalue weighted by atomic mass is 16.5. The molecule has 1 aliphatic rings. The van der Waals surface area contributed by atoms with Crippen molar-refractivity contribution in [3.8, 4) is 11.5 Å². The first-order valence-corrected chi connectivity index (χ1v) is 11.3. The summed E-state index contributed by atoms with van der Waals surface area (Å²) < 4.78 is 16.4. The molecule has 174 valence electrons. The van der Waals surface area contributed by atoms with Crippen molar-refractivity contribution in [2.24, 2.45) is 5.92 Å². The molecule has 0 aliphatic heterocycles. The zero-order chi connectivity index (χ0) is 23.1. The van der Waals surface area contributed by atoms with Crippen LogP contribution in [0.3, 0.4) is 0 Å². The molecule has 0 unspecified atom stereocenters. The number of benzene rings is 1. The number of furan rings is 1. The summed E-state index contributed by atoms with van der Waals surface area (Å²) >= 11 is 0. The molecule has 7 heteroatoms. The van der Waals surface area contributed by atoms with Gasteiger partial charge in [0.25, 0.3) is 0 Å². The van der Waals surface area contributed by atoms with Crippen molar-refractivity contribution in [3.63, 3.8) is 0 Å². The number of amides is 2. The Labute approximate surface area is 190 Å². The molecule has 1 aromatic heterocycles. The van der Waals surface area contributed by atoms with E-state index in [1.165, 1.54) is 0 Å². The molecular weight excluding hydrogens is 408 g/mol. The summed E-state index contributed by atoms with van der Waals surface area (Å²) in [6, 6.07) is 9.56. The van der Waals surface area contributed by atoms with Gasteiger partial charge in [0.15, 0.2) is 11.5 Å². The van der Waals surface area contributed by atoms with E-state index in [4.69, 9.17) is 13.9 Å². The molecule has 1 saturated carbocycles. The van der Waals surface area contributed by atoms with E-state index in [-0.39, 0.29) is 24.3 Å². The summed E-state index contributed by atoms with van der Waals surface area (Å²) in [6.07, 6.45) is 3.34. The van der Waals surface area contributed by atoms with Gasteiger partial charge >= 0.3 is 0 Å². The summed E-state index contributed by atoms with van der Waals surface area (Å²) in [7, 11) is 3.21. The van der Waals surface area contributed by atoms with Crippen LogP contribution in [0.4, 0.5) is 0 Å². The minimum absolute atomic E-state index is 0.0676. The van der Waals surface area contributed by atoms with Gasteiger partial charge in [0.2, 0.25) is 11.8 Å². The lowest BCUT2D eigenvalue weighted by Gasteiger charge is -2.27. The molecule has 3 rings (SSSR count). The maximum absolute atomic E-state index is 13.3. The fraction of sp³-hybridized carbons (Fsp3) is 0.520. The molecule has 32 heavy (non-hydrogen) atoms. The van der Waals surface area contributed by atoms with Crippen molar-refractivity contribution in [1.29, 1.82) is 0 Å². The Morgan fingerprint density at radius 2 is 1.78 bits per heavy atom. The van der Waals surface area contributed by atoms with E-state index in [0.29, 0.717) is 37.6 Å². The number of ether oxygens (including phenoxy) is 2. The Morgan fingerprint density at radius 1 is 1.03 bits per heavy atom. The molecular formula is C25H34N2O5. The minimum atomic E-state index is -0.0676. The highest BCUT2D eigenvalue weighted by Crippen LogP contribution is 2.31. The number of hydrogen-bond donors (Lipinski definition) is 0. The fourth-order valence-electron chi connectivity index (χ4n) is 3.74. The molecule has 0 spiro atoms. The molecule has 1 fully saturated rings. The Morgan fingerprint density at radius 3 is 2.38 bits per heavy atom. The van der Waals surface area contributed by atoms with Crippen molar-refractivity contribution in [3.05, 3.63) is 47.4 Å². The average molecular weight is 443 g/mol. The third-order valence-electron chi connectivity index (χ3n) is 5.67. The summed E-state index contributed by atoms with van der Waals surface area (Å²) in [5.74, 6) is 3.01. The topological polar surface area (TPSA) is 72.2 Å². The second-order valence-corrected chi connectivity index (χ2v) is 8.30. The predicted molar refractivity (Wildman–Crippen MR) is 122 cm³/mol. The summed E-state index contributed by atoms with van der Waals surface area (Å²) in [6.45, 7) is 5.50. The van der Waals surface area contributed by atoms with Crippen LogP contribution in [0.2, 0.25) is 0 Å². The van der Waals surface area contributed by atoms with Gasteiger partial charge in [-0.1, -0.05) is 13.0 Å². The van der Waals surface area contributed by atoms with Gasteiger partial charge in [0, 0.05) is 19.0 Å². The van der Waals surface area contributed by atoms with Gasteiger partial charge in [0.1, 0.15) is 11.5 Å². The second kappa shape index (κ2) is 11.1. The molecule has 0 N–H and O–H groups in total. The lowest BCUT2D eigenvalue weighted by atomic mass is 10.1. The van der Waals surface area contributed by atoms with Gasteiger partial charge in [-0.2, -0.15) is 0 Å². The molecule has 0 bridgehead atoms. The normalized spacial score (nSPS) is 13.0. The number of rotatable bonds is 12. The number of methoxy groups -OCH3 is 2. The first-order chi connectivity index (χ1) is 15.4. The lowest BCUT2D eigenvalue weighted by molar-refractivity contribution is -0.141. The average Bonchev–Trinajstić information content (AvgIpc) is 3.57. The second-order valence-electron chi connectivity index (χ2n) is 8.30. The maximum Gasteiger partial charge on any atom is 0.242 e. The number of hydrogen-bond acceptors (Lipinski definition) is 5. The molecule has 1 heterocycles. The van der Waals surface area contributed by atoms with Gasteiger partial charge in [-0.15, -0.1) is 0 Å². The van der Waals surface area contributed by atoms with Gasteiger partial charge in [-0.25, -0.2) is 0 Å². The molecule has 0 saturated heterocycles. The fourth-order valence-corrected chi connectivity index (χ4v) is 3.74. The van der Waals surface area contributed by atoms with Gasteiger partial charge < -0.3 is 23.7 Å². The van der Waals surface area contributed by atoms with Crippen LogP contribution in [0.5, 0.6) is 11.5 Å². The van der Waals surface area contributed by atoms with E-state index in [1.54, 1.807) is 24.0 Å². The van der Waals surface area contributed by atoms with Crippen LogP contribution in [0.1, 0.15) is 43.3 Å². The molecule has 0 radical (unpaired) electrons. The smallest absolute Gasteiger partial charge is 0.242 e. The zero-order valence-electron chi connectivity index (χ0n) is 19.6. The Kier molecular flexibility index (Phi) is 8.20. The van der Waals surface area contributed by atoms with Crippen LogP contribution >= 0.6 is 0 Å². The molecule has 2 aromatic rings. The number of carbonyl (C=O) groups excluding carboxylic acids is 2. The van der Waals surface area contributed by atoms with Crippen LogP contribution < -0.4 is 9.47 Å². The Bertz CT molecular complexity index is 919. The summed E-state index contributed by atoms with van der Waals surface area (Å²) in [5.41, 5.74) is 1.04. The van der Waals surface area contributed by atoms with E-state index in [9.17, 15) is 9.59 Å². The van der Waals surface area contributed by atoms with Crippen LogP contribution in [-0.4, -0.2) is 55.5 Å².